The van der Waals surface area contributed by atoms with Crippen molar-refractivity contribution in [3.8, 4) is 0 Å². The molecule has 4 N–H and O–H groups in total. The summed E-state index contributed by atoms with van der Waals surface area (Å²) >= 11 is 1.48. The normalized spacial score (nSPS) is 15.8. The van der Waals surface area contributed by atoms with Crippen LogP contribution >= 0.6 is 11.8 Å². The van der Waals surface area contributed by atoms with E-state index in [1.165, 1.54) is 23.9 Å². The highest BCUT2D eigenvalue weighted by Gasteiger charge is 2.22. The monoisotopic (exact) mass is 394 g/mol. The smallest absolute Gasteiger partial charge is 0.335 e. The number of thioether (sulfide) groups is 1. The lowest BCUT2D eigenvalue weighted by atomic mass is 10.1. The number of carboxylic acids is 2. The molecule has 0 fully saturated rings. The third-order valence-electron chi connectivity index (χ3n) is 3.61. The molecule has 10 heteroatoms. The summed E-state index contributed by atoms with van der Waals surface area (Å²) in [6, 6.07) is 7.68. The van der Waals surface area contributed by atoms with Crippen molar-refractivity contribution >= 4 is 45.1 Å². The number of sulfonamides is 1. The maximum Gasteiger partial charge on any atom is 0.335 e. The van der Waals surface area contributed by atoms with Crippen molar-refractivity contribution < 1.29 is 28.2 Å². The van der Waals surface area contributed by atoms with E-state index in [-0.39, 0.29) is 27.1 Å². The summed E-state index contributed by atoms with van der Waals surface area (Å²) in [5, 5.41) is 21.5. The topological polar surface area (TPSA) is 133 Å². The number of nitrogens with one attached hydrogen (secondary N) is 2. The van der Waals surface area contributed by atoms with Gasteiger partial charge in [0, 0.05) is 10.6 Å². The molecule has 0 radical (unpaired) electrons. The molecule has 1 aliphatic rings. The first-order valence-corrected chi connectivity index (χ1v) is 9.74. The maximum absolute atomic E-state index is 12.6. The van der Waals surface area contributed by atoms with E-state index in [1.807, 2.05) is 6.92 Å². The first-order chi connectivity index (χ1) is 12.2. The Morgan fingerprint density at radius 2 is 1.69 bits per heavy atom. The van der Waals surface area contributed by atoms with Crippen molar-refractivity contribution in [2.45, 2.75) is 22.1 Å². The molecule has 1 heterocycles. The van der Waals surface area contributed by atoms with Gasteiger partial charge in [0.1, 0.15) is 0 Å². The second-order valence-electron chi connectivity index (χ2n) is 5.58. The van der Waals surface area contributed by atoms with Crippen LogP contribution in [-0.4, -0.2) is 35.9 Å². The Kier molecular flexibility index (Phi) is 4.55. The van der Waals surface area contributed by atoms with Crippen LogP contribution in [-0.2, 0) is 10.0 Å². The molecule has 0 aliphatic carbocycles. The van der Waals surface area contributed by atoms with Gasteiger partial charge in [-0.05, 0) is 43.3 Å². The van der Waals surface area contributed by atoms with Crippen LogP contribution in [0.5, 0.6) is 0 Å². The average molecular weight is 394 g/mol. The zero-order chi connectivity index (χ0) is 19.1. The van der Waals surface area contributed by atoms with Gasteiger partial charge in [0.2, 0.25) is 0 Å². The lowest BCUT2D eigenvalue weighted by Crippen LogP contribution is -2.14. The number of fused-ring (bicyclic) bond motifs is 1. The van der Waals surface area contributed by atoms with Crippen molar-refractivity contribution in [2.24, 2.45) is 0 Å². The highest BCUT2D eigenvalue weighted by Crippen LogP contribution is 2.39. The number of carboxylic acid groups (broad SMARTS) is 2. The Morgan fingerprint density at radius 3 is 2.27 bits per heavy atom. The summed E-state index contributed by atoms with van der Waals surface area (Å²) in [4.78, 5) is 23.1. The van der Waals surface area contributed by atoms with E-state index in [0.717, 1.165) is 28.8 Å². The number of hydrogen-bond donors (Lipinski definition) is 4. The lowest BCUT2D eigenvalue weighted by molar-refractivity contribution is 0.0696. The Hall–Kier alpha value is -2.72. The minimum Gasteiger partial charge on any atom is -0.478 e. The summed E-state index contributed by atoms with van der Waals surface area (Å²) in [7, 11) is -4.01. The fourth-order valence-electron chi connectivity index (χ4n) is 2.47. The Labute approximate surface area is 153 Å². The first-order valence-electron chi connectivity index (χ1n) is 7.37. The SMILES string of the molecule is CC1Nc2ccc(S(=O)(=O)Nc3cc(C(=O)O)cc(C(=O)O)c3)cc2S1. The predicted molar refractivity (Wildman–Crippen MR) is 96.6 cm³/mol. The average Bonchev–Trinajstić information content (AvgIpc) is 2.93. The number of benzene rings is 2. The van der Waals surface area contributed by atoms with Gasteiger partial charge in [-0.15, -0.1) is 0 Å². The Balaban J connectivity index is 1.96. The van der Waals surface area contributed by atoms with Crippen LogP contribution in [0.4, 0.5) is 11.4 Å². The summed E-state index contributed by atoms with van der Waals surface area (Å²) in [6.45, 7) is 1.95. The first kappa shape index (κ1) is 18.1. The molecular formula is C16H14N2O6S2. The number of anilines is 2. The minimum atomic E-state index is -4.01. The molecular weight excluding hydrogens is 380 g/mol. The molecule has 1 unspecified atom stereocenters. The van der Waals surface area contributed by atoms with Gasteiger partial charge in [0.05, 0.1) is 27.1 Å². The fourth-order valence-corrected chi connectivity index (χ4v) is 4.63. The van der Waals surface area contributed by atoms with Gasteiger partial charge in [0.15, 0.2) is 0 Å². The zero-order valence-corrected chi connectivity index (χ0v) is 15.0. The Bertz CT molecular complexity index is 987. The summed E-state index contributed by atoms with van der Waals surface area (Å²) < 4.78 is 27.5. The van der Waals surface area contributed by atoms with Gasteiger partial charge < -0.3 is 15.5 Å². The van der Waals surface area contributed by atoms with Crippen LogP contribution < -0.4 is 10.0 Å². The van der Waals surface area contributed by atoms with E-state index in [9.17, 15) is 18.0 Å². The van der Waals surface area contributed by atoms with E-state index in [0.29, 0.717) is 0 Å². The molecule has 2 aromatic carbocycles. The minimum absolute atomic E-state index is 0.00254. The second kappa shape index (κ2) is 6.54. The largest absolute Gasteiger partial charge is 0.478 e. The second-order valence-corrected chi connectivity index (χ2v) is 8.64. The van der Waals surface area contributed by atoms with Gasteiger partial charge in [-0.1, -0.05) is 11.8 Å². The molecule has 0 bridgehead atoms. The summed E-state index contributed by atoms with van der Waals surface area (Å²) in [5.74, 6) is -2.72. The van der Waals surface area contributed by atoms with Gasteiger partial charge in [0.25, 0.3) is 10.0 Å². The van der Waals surface area contributed by atoms with Crippen molar-refractivity contribution in [3.05, 3.63) is 47.5 Å². The number of carbonyl (C=O) groups is 2. The highest BCUT2D eigenvalue weighted by molar-refractivity contribution is 8.00. The van der Waals surface area contributed by atoms with Crippen LogP contribution in [0.15, 0.2) is 46.2 Å². The predicted octanol–water partition coefficient (Wildman–Crippen LogP) is 2.75. The molecule has 2 aromatic rings. The third kappa shape index (κ3) is 3.60. The Morgan fingerprint density at radius 1 is 1.08 bits per heavy atom. The summed E-state index contributed by atoms with van der Waals surface area (Å²) in [5.41, 5.74) is 0.0414. The van der Waals surface area contributed by atoms with Crippen molar-refractivity contribution in [2.75, 3.05) is 10.0 Å². The fraction of sp³-hybridized carbons (Fsp3) is 0.125. The molecule has 0 spiro atoms. The molecule has 0 saturated carbocycles. The molecule has 1 aliphatic heterocycles. The van der Waals surface area contributed by atoms with E-state index >= 15 is 0 Å². The van der Waals surface area contributed by atoms with Crippen LogP contribution in [0.2, 0.25) is 0 Å². The van der Waals surface area contributed by atoms with E-state index in [4.69, 9.17) is 10.2 Å². The van der Waals surface area contributed by atoms with Crippen molar-refractivity contribution in [1.82, 2.24) is 0 Å². The molecule has 8 nitrogen and oxygen atoms in total. The maximum atomic E-state index is 12.6. The van der Waals surface area contributed by atoms with Gasteiger partial charge in [-0.2, -0.15) is 0 Å². The van der Waals surface area contributed by atoms with Crippen molar-refractivity contribution in [3.63, 3.8) is 0 Å². The molecule has 0 saturated heterocycles. The number of rotatable bonds is 5. The van der Waals surface area contributed by atoms with E-state index < -0.39 is 22.0 Å². The van der Waals surface area contributed by atoms with Gasteiger partial charge >= 0.3 is 11.9 Å². The summed E-state index contributed by atoms with van der Waals surface area (Å²) in [6.07, 6.45) is 0. The number of aromatic carboxylic acids is 2. The standard InChI is InChI=1S/C16H14N2O6S2/c1-8-17-13-3-2-12(7-14(13)25-8)26(23,24)18-11-5-9(15(19)20)4-10(6-11)16(21)22/h2-8,17-18H,1H3,(H,19,20)(H,21,22). The highest BCUT2D eigenvalue weighted by atomic mass is 32.2. The molecule has 1 atom stereocenters. The molecule has 136 valence electrons. The lowest BCUT2D eigenvalue weighted by Gasteiger charge is -2.11. The quantitative estimate of drug-likeness (QED) is 0.608. The van der Waals surface area contributed by atoms with Crippen molar-refractivity contribution in [1.29, 1.82) is 0 Å². The van der Waals surface area contributed by atoms with Crippen LogP contribution in [0.3, 0.4) is 0 Å². The molecule has 26 heavy (non-hydrogen) atoms. The number of hydrogen-bond acceptors (Lipinski definition) is 6. The molecule has 0 amide bonds. The zero-order valence-electron chi connectivity index (χ0n) is 13.4. The third-order valence-corrected chi connectivity index (χ3v) is 6.05. The van der Waals surface area contributed by atoms with E-state index in [1.54, 1.807) is 6.07 Å². The molecule has 0 aromatic heterocycles. The van der Waals surface area contributed by atoms with Gasteiger partial charge in [-0.25, -0.2) is 18.0 Å². The van der Waals surface area contributed by atoms with E-state index in [2.05, 4.69) is 10.0 Å². The van der Waals surface area contributed by atoms with Crippen LogP contribution in [0.25, 0.3) is 0 Å². The van der Waals surface area contributed by atoms with Crippen LogP contribution in [0.1, 0.15) is 27.6 Å². The van der Waals surface area contributed by atoms with Crippen LogP contribution in [0, 0.1) is 0 Å². The molecule has 3 rings (SSSR count). The van der Waals surface area contributed by atoms with Gasteiger partial charge in [-0.3, -0.25) is 4.72 Å².